The second-order valence-electron chi connectivity index (χ2n) is 5.97. The van der Waals surface area contributed by atoms with Crippen molar-refractivity contribution in [3.05, 3.63) is 47.3 Å². The Morgan fingerprint density at radius 2 is 1.88 bits per heavy atom. The molecule has 2 amide bonds. The number of nitrogens with zero attached hydrogens (tertiary/aromatic N) is 2. The van der Waals surface area contributed by atoms with Crippen molar-refractivity contribution in [2.45, 2.75) is 40.2 Å². The van der Waals surface area contributed by atoms with Crippen LogP contribution in [-0.4, -0.2) is 28.1 Å². The molecule has 0 aliphatic carbocycles. The Morgan fingerprint density at radius 1 is 1.21 bits per heavy atom. The molecule has 0 radical (unpaired) electrons. The van der Waals surface area contributed by atoms with Crippen LogP contribution in [0.5, 0.6) is 0 Å². The summed E-state index contributed by atoms with van der Waals surface area (Å²) in [5.74, 6) is -0.135. The van der Waals surface area contributed by atoms with E-state index in [0.717, 1.165) is 29.1 Å². The minimum Gasteiger partial charge on any atom is -0.354 e. The number of aryl methyl sites for hydroxylation is 2. The highest BCUT2D eigenvalue weighted by Gasteiger charge is 2.17. The van der Waals surface area contributed by atoms with E-state index in [9.17, 15) is 9.59 Å². The molecule has 0 spiro atoms. The number of aromatic nitrogens is 2. The van der Waals surface area contributed by atoms with Crippen LogP contribution in [0.4, 0.5) is 5.69 Å². The third-order valence-electron chi connectivity index (χ3n) is 3.78. The highest BCUT2D eigenvalue weighted by Crippen LogP contribution is 2.12. The summed E-state index contributed by atoms with van der Waals surface area (Å²) in [6.45, 7) is 7.74. The van der Waals surface area contributed by atoms with Crippen molar-refractivity contribution in [1.29, 1.82) is 0 Å². The summed E-state index contributed by atoms with van der Waals surface area (Å²) >= 11 is 0. The predicted octanol–water partition coefficient (Wildman–Crippen LogP) is 2.38. The Balaban J connectivity index is 1.84. The maximum Gasteiger partial charge on any atom is 0.244 e. The maximum absolute atomic E-state index is 12.3. The van der Waals surface area contributed by atoms with Gasteiger partial charge in [-0.05, 0) is 51.0 Å². The van der Waals surface area contributed by atoms with Crippen molar-refractivity contribution >= 4 is 17.5 Å². The Bertz CT molecular complexity index is 719. The summed E-state index contributed by atoms with van der Waals surface area (Å²) in [4.78, 5) is 23.2. The topological polar surface area (TPSA) is 76.0 Å². The molecule has 1 aromatic carbocycles. The fourth-order valence-electron chi connectivity index (χ4n) is 2.58. The van der Waals surface area contributed by atoms with Crippen LogP contribution in [0.1, 0.15) is 36.8 Å². The van der Waals surface area contributed by atoms with Crippen molar-refractivity contribution in [2.75, 3.05) is 11.9 Å². The summed E-state index contributed by atoms with van der Waals surface area (Å²) in [5, 5.41) is 10.0. The molecule has 2 rings (SSSR count). The summed E-state index contributed by atoms with van der Waals surface area (Å²) in [7, 11) is 0. The SMILES string of the molecule is CC(=O)Nc1ccc(CCNC(=O)C(C)n2nc(C)cc2C)cc1. The number of rotatable bonds is 6. The van der Waals surface area contributed by atoms with Crippen LogP contribution in [0.3, 0.4) is 0 Å². The van der Waals surface area contributed by atoms with Crippen LogP contribution in [0.15, 0.2) is 30.3 Å². The van der Waals surface area contributed by atoms with Crippen molar-refractivity contribution in [2.24, 2.45) is 0 Å². The van der Waals surface area contributed by atoms with Gasteiger partial charge in [-0.2, -0.15) is 5.10 Å². The molecular formula is C18H24N4O2. The van der Waals surface area contributed by atoms with Gasteiger partial charge in [0.25, 0.3) is 0 Å². The minimum absolute atomic E-state index is 0.0453. The lowest BCUT2D eigenvalue weighted by atomic mass is 10.1. The largest absolute Gasteiger partial charge is 0.354 e. The lowest BCUT2D eigenvalue weighted by Crippen LogP contribution is -2.33. The Labute approximate surface area is 142 Å². The quantitative estimate of drug-likeness (QED) is 0.855. The maximum atomic E-state index is 12.3. The van der Waals surface area contributed by atoms with Gasteiger partial charge in [0, 0.05) is 24.8 Å². The van der Waals surface area contributed by atoms with Gasteiger partial charge in [0.1, 0.15) is 6.04 Å². The molecule has 24 heavy (non-hydrogen) atoms. The number of nitrogens with one attached hydrogen (secondary N) is 2. The van der Waals surface area contributed by atoms with E-state index in [1.54, 1.807) is 4.68 Å². The second kappa shape index (κ2) is 7.77. The first kappa shape index (κ1) is 17.7. The summed E-state index contributed by atoms with van der Waals surface area (Å²) in [6.07, 6.45) is 0.732. The third kappa shape index (κ3) is 4.68. The van der Waals surface area contributed by atoms with E-state index >= 15 is 0 Å². The van der Waals surface area contributed by atoms with Crippen molar-refractivity contribution in [1.82, 2.24) is 15.1 Å². The van der Waals surface area contributed by atoms with Gasteiger partial charge in [-0.15, -0.1) is 0 Å². The van der Waals surface area contributed by atoms with Gasteiger partial charge >= 0.3 is 0 Å². The first-order valence-corrected chi connectivity index (χ1v) is 8.04. The molecule has 0 saturated heterocycles. The predicted molar refractivity (Wildman–Crippen MR) is 93.9 cm³/mol. The van der Waals surface area contributed by atoms with Crippen LogP contribution in [0, 0.1) is 13.8 Å². The zero-order valence-electron chi connectivity index (χ0n) is 14.6. The molecule has 0 fully saturated rings. The van der Waals surface area contributed by atoms with Gasteiger partial charge in [-0.1, -0.05) is 12.1 Å². The molecule has 1 atom stereocenters. The van der Waals surface area contributed by atoms with E-state index in [-0.39, 0.29) is 17.9 Å². The Morgan fingerprint density at radius 3 is 2.42 bits per heavy atom. The average molecular weight is 328 g/mol. The van der Waals surface area contributed by atoms with Crippen molar-refractivity contribution < 1.29 is 9.59 Å². The van der Waals surface area contributed by atoms with E-state index in [1.165, 1.54) is 6.92 Å². The Hall–Kier alpha value is -2.63. The zero-order chi connectivity index (χ0) is 17.7. The van der Waals surface area contributed by atoms with E-state index < -0.39 is 0 Å². The van der Waals surface area contributed by atoms with Gasteiger partial charge < -0.3 is 10.6 Å². The monoisotopic (exact) mass is 328 g/mol. The minimum atomic E-state index is -0.333. The number of benzene rings is 1. The summed E-state index contributed by atoms with van der Waals surface area (Å²) in [5.41, 5.74) is 3.76. The highest BCUT2D eigenvalue weighted by molar-refractivity contribution is 5.88. The Kier molecular flexibility index (Phi) is 5.73. The first-order valence-electron chi connectivity index (χ1n) is 8.04. The molecule has 6 heteroatoms. The average Bonchev–Trinajstić information content (AvgIpc) is 2.86. The molecule has 0 bridgehead atoms. The standard InChI is InChI=1S/C18H24N4O2/c1-12-11-13(2)22(21-12)14(3)18(24)19-10-9-16-5-7-17(8-6-16)20-15(4)23/h5-8,11,14H,9-10H2,1-4H3,(H,19,24)(H,20,23). The molecular weight excluding hydrogens is 304 g/mol. The molecule has 0 aliphatic heterocycles. The van der Waals surface area contributed by atoms with Gasteiger partial charge in [0.2, 0.25) is 11.8 Å². The fourth-order valence-corrected chi connectivity index (χ4v) is 2.58. The molecule has 0 aliphatic rings. The highest BCUT2D eigenvalue weighted by atomic mass is 16.2. The van der Waals surface area contributed by atoms with Gasteiger partial charge in [0.15, 0.2) is 0 Å². The molecule has 1 heterocycles. The lowest BCUT2D eigenvalue weighted by Gasteiger charge is -2.14. The van der Waals surface area contributed by atoms with Crippen LogP contribution in [0.25, 0.3) is 0 Å². The summed E-state index contributed by atoms with van der Waals surface area (Å²) < 4.78 is 1.74. The van der Waals surface area contributed by atoms with Crippen LogP contribution in [-0.2, 0) is 16.0 Å². The van der Waals surface area contributed by atoms with Gasteiger partial charge in [-0.3, -0.25) is 14.3 Å². The van der Waals surface area contributed by atoms with E-state index in [4.69, 9.17) is 0 Å². The van der Waals surface area contributed by atoms with Gasteiger partial charge in [-0.25, -0.2) is 0 Å². The normalized spacial score (nSPS) is 11.8. The molecule has 1 aromatic heterocycles. The van der Waals surface area contributed by atoms with E-state index in [2.05, 4.69) is 15.7 Å². The van der Waals surface area contributed by atoms with Crippen LogP contribution in [0.2, 0.25) is 0 Å². The number of carbonyl (C=O) groups excluding carboxylic acids is 2. The van der Waals surface area contributed by atoms with Crippen LogP contribution < -0.4 is 10.6 Å². The second-order valence-corrected chi connectivity index (χ2v) is 5.97. The number of hydrogen-bond donors (Lipinski definition) is 2. The fraction of sp³-hybridized carbons (Fsp3) is 0.389. The van der Waals surface area contributed by atoms with Crippen LogP contribution >= 0.6 is 0 Å². The smallest absolute Gasteiger partial charge is 0.244 e. The van der Waals surface area contributed by atoms with Gasteiger partial charge in [0.05, 0.1) is 5.69 Å². The van der Waals surface area contributed by atoms with E-state index in [0.29, 0.717) is 6.54 Å². The summed E-state index contributed by atoms with van der Waals surface area (Å²) in [6, 6.07) is 9.24. The number of carbonyl (C=O) groups is 2. The molecule has 0 saturated carbocycles. The molecule has 128 valence electrons. The van der Waals surface area contributed by atoms with Crippen molar-refractivity contribution in [3.63, 3.8) is 0 Å². The number of amides is 2. The van der Waals surface area contributed by atoms with E-state index in [1.807, 2.05) is 51.1 Å². The molecule has 2 aromatic rings. The zero-order valence-corrected chi connectivity index (χ0v) is 14.6. The lowest BCUT2D eigenvalue weighted by molar-refractivity contribution is -0.124. The number of hydrogen-bond acceptors (Lipinski definition) is 3. The molecule has 2 N–H and O–H groups in total. The number of anilines is 1. The molecule has 1 unspecified atom stereocenters. The van der Waals surface area contributed by atoms with Crippen molar-refractivity contribution in [3.8, 4) is 0 Å². The third-order valence-corrected chi connectivity index (χ3v) is 3.78. The first-order chi connectivity index (χ1) is 11.4. The molecule has 6 nitrogen and oxygen atoms in total.